The monoisotopic (exact) mass is 363 g/mol. The smallest absolute Gasteiger partial charge is 0.262 e. The molecule has 0 spiro atoms. The van der Waals surface area contributed by atoms with Crippen molar-refractivity contribution < 1.29 is 14.6 Å². The van der Waals surface area contributed by atoms with Gasteiger partial charge in [0.1, 0.15) is 17.5 Å². The van der Waals surface area contributed by atoms with Crippen LogP contribution >= 0.6 is 0 Å². The lowest BCUT2D eigenvalue weighted by atomic mass is 10.1. The third kappa shape index (κ3) is 4.36. The highest BCUT2D eigenvalue weighted by Crippen LogP contribution is 2.23. The molecule has 0 heterocycles. The molecule has 3 N–H and O–H groups in total. The highest BCUT2D eigenvalue weighted by Gasteiger charge is 2.13. The Hall–Kier alpha value is -3.54. The molecule has 3 rings (SSSR count). The first-order chi connectivity index (χ1) is 13.1. The van der Waals surface area contributed by atoms with E-state index in [-0.39, 0.29) is 11.7 Å². The molecule has 6 heteroatoms. The summed E-state index contributed by atoms with van der Waals surface area (Å²) in [5.74, 6) is 0.351. The molecule has 6 nitrogen and oxygen atoms in total. The largest absolute Gasteiger partial charge is 0.507 e. The lowest BCUT2D eigenvalue weighted by Gasteiger charge is -2.15. The van der Waals surface area contributed by atoms with E-state index in [0.29, 0.717) is 11.3 Å². The number of aromatic hydroxyl groups is 1. The Morgan fingerprint density at radius 2 is 1.93 bits per heavy atom. The molecule has 0 aliphatic heterocycles. The predicted octanol–water partition coefficient (Wildman–Crippen LogP) is 3.50. The summed E-state index contributed by atoms with van der Waals surface area (Å²) in [7, 11) is 1.54. The molecule has 1 amide bonds. The second-order valence-corrected chi connectivity index (χ2v) is 6.05. The molecule has 0 saturated heterocycles. The number of rotatable bonds is 6. The molecule has 0 aromatic heterocycles. The van der Waals surface area contributed by atoms with Gasteiger partial charge in [-0.25, -0.2) is 5.43 Å². The van der Waals surface area contributed by atoms with Crippen LogP contribution in [0.3, 0.4) is 0 Å². The molecule has 3 aromatic rings. The lowest BCUT2D eigenvalue weighted by Crippen LogP contribution is -2.34. The van der Waals surface area contributed by atoms with Gasteiger partial charge in [0, 0.05) is 16.6 Å². The highest BCUT2D eigenvalue weighted by atomic mass is 16.5. The van der Waals surface area contributed by atoms with Gasteiger partial charge in [-0.3, -0.25) is 4.79 Å². The van der Waals surface area contributed by atoms with Crippen molar-refractivity contribution in [2.24, 2.45) is 5.10 Å². The van der Waals surface area contributed by atoms with Crippen LogP contribution in [0.25, 0.3) is 10.8 Å². The molecule has 3 aromatic carbocycles. The number of phenols is 1. The quantitative estimate of drug-likeness (QED) is 0.462. The molecule has 0 bridgehead atoms. The minimum Gasteiger partial charge on any atom is -0.507 e. The van der Waals surface area contributed by atoms with Gasteiger partial charge in [-0.05, 0) is 36.6 Å². The fourth-order valence-electron chi connectivity index (χ4n) is 2.68. The molecule has 0 fully saturated rings. The fraction of sp³-hybridized carbons (Fsp3) is 0.143. The number of hydrogen-bond acceptors (Lipinski definition) is 5. The van der Waals surface area contributed by atoms with E-state index >= 15 is 0 Å². The standard InChI is InChI=1S/C21H21N3O3/c1-14(23-19-9-5-7-15-6-3-4-8-18(15)19)21(26)24-22-13-16-12-17(27-2)10-11-20(16)25/h3-14,23,25H,1-2H3,(H,24,26). The number of methoxy groups -OCH3 is 1. The Morgan fingerprint density at radius 1 is 1.15 bits per heavy atom. The first kappa shape index (κ1) is 18.3. The molecular weight excluding hydrogens is 342 g/mol. The minimum absolute atomic E-state index is 0.0516. The van der Waals surface area contributed by atoms with Crippen LogP contribution in [0, 0.1) is 0 Å². The van der Waals surface area contributed by atoms with Crippen LogP contribution in [0.15, 0.2) is 65.8 Å². The van der Waals surface area contributed by atoms with Crippen LogP contribution in [-0.4, -0.2) is 30.4 Å². The first-order valence-electron chi connectivity index (χ1n) is 8.52. The maximum Gasteiger partial charge on any atom is 0.262 e. The van der Waals surface area contributed by atoms with Crippen molar-refractivity contribution in [1.82, 2.24) is 5.43 Å². The average Bonchev–Trinajstić information content (AvgIpc) is 2.69. The van der Waals surface area contributed by atoms with Crippen LogP contribution in [0.4, 0.5) is 5.69 Å². The summed E-state index contributed by atoms with van der Waals surface area (Å²) in [6.07, 6.45) is 1.38. The second-order valence-electron chi connectivity index (χ2n) is 6.05. The Kier molecular flexibility index (Phi) is 5.56. The Balaban J connectivity index is 1.66. The minimum atomic E-state index is -0.494. The Morgan fingerprint density at radius 3 is 2.74 bits per heavy atom. The van der Waals surface area contributed by atoms with Crippen molar-refractivity contribution in [3.8, 4) is 11.5 Å². The zero-order valence-corrected chi connectivity index (χ0v) is 15.1. The number of fused-ring (bicyclic) bond motifs is 1. The molecule has 0 aliphatic rings. The van der Waals surface area contributed by atoms with E-state index in [9.17, 15) is 9.90 Å². The van der Waals surface area contributed by atoms with Gasteiger partial charge in [-0.15, -0.1) is 0 Å². The van der Waals surface area contributed by atoms with Gasteiger partial charge in [0.25, 0.3) is 5.91 Å². The van der Waals surface area contributed by atoms with Gasteiger partial charge >= 0.3 is 0 Å². The topological polar surface area (TPSA) is 83.0 Å². The number of amides is 1. The zero-order valence-electron chi connectivity index (χ0n) is 15.1. The van der Waals surface area contributed by atoms with Crippen LogP contribution in [0.1, 0.15) is 12.5 Å². The van der Waals surface area contributed by atoms with Crippen LogP contribution in [-0.2, 0) is 4.79 Å². The van der Waals surface area contributed by atoms with Crippen molar-refractivity contribution >= 4 is 28.6 Å². The first-order valence-corrected chi connectivity index (χ1v) is 8.52. The van der Waals surface area contributed by atoms with Crippen molar-refractivity contribution in [3.05, 3.63) is 66.2 Å². The fourth-order valence-corrected chi connectivity index (χ4v) is 2.68. The number of carbonyl (C=O) groups is 1. The van der Waals surface area contributed by atoms with E-state index in [1.165, 1.54) is 19.4 Å². The maximum absolute atomic E-state index is 12.3. The number of hydrazone groups is 1. The highest BCUT2D eigenvalue weighted by molar-refractivity contribution is 5.96. The van der Waals surface area contributed by atoms with E-state index in [1.54, 1.807) is 19.1 Å². The second kappa shape index (κ2) is 8.23. The van der Waals surface area contributed by atoms with Crippen LogP contribution in [0.5, 0.6) is 11.5 Å². The van der Waals surface area contributed by atoms with E-state index in [4.69, 9.17) is 4.74 Å². The van der Waals surface area contributed by atoms with E-state index < -0.39 is 6.04 Å². The summed E-state index contributed by atoms with van der Waals surface area (Å²) >= 11 is 0. The molecule has 27 heavy (non-hydrogen) atoms. The third-order valence-electron chi connectivity index (χ3n) is 4.17. The Labute approximate surface area is 157 Å². The number of hydrogen-bond donors (Lipinski definition) is 3. The van der Waals surface area contributed by atoms with Gasteiger partial charge in [-0.1, -0.05) is 36.4 Å². The Bertz CT molecular complexity index is 980. The van der Waals surface area contributed by atoms with E-state index in [1.807, 2.05) is 42.5 Å². The van der Waals surface area contributed by atoms with Gasteiger partial charge < -0.3 is 15.2 Å². The van der Waals surface area contributed by atoms with Crippen LogP contribution < -0.4 is 15.5 Å². The molecule has 138 valence electrons. The van der Waals surface area contributed by atoms with E-state index in [0.717, 1.165) is 16.5 Å². The summed E-state index contributed by atoms with van der Waals surface area (Å²) < 4.78 is 5.11. The molecule has 1 atom stereocenters. The summed E-state index contributed by atoms with van der Waals surface area (Å²) in [4.78, 5) is 12.3. The SMILES string of the molecule is COc1ccc(O)c(C=NNC(=O)C(C)Nc2cccc3ccccc23)c1. The maximum atomic E-state index is 12.3. The zero-order chi connectivity index (χ0) is 19.2. The van der Waals surface area contributed by atoms with Crippen molar-refractivity contribution in [2.75, 3.05) is 12.4 Å². The molecule has 0 aliphatic carbocycles. The van der Waals surface area contributed by atoms with Crippen molar-refractivity contribution in [1.29, 1.82) is 0 Å². The summed E-state index contributed by atoms with van der Waals surface area (Å²) in [5.41, 5.74) is 3.81. The summed E-state index contributed by atoms with van der Waals surface area (Å²) in [5, 5.41) is 19.1. The number of nitrogens with one attached hydrogen (secondary N) is 2. The lowest BCUT2D eigenvalue weighted by molar-refractivity contribution is -0.121. The number of benzene rings is 3. The number of nitrogens with zero attached hydrogens (tertiary/aromatic N) is 1. The molecule has 1 unspecified atom stereocenters. The number of carbonyl (C=O) groups excluding carboxylic acids is 1. The van der Waals surface area contributed by atoms with Gasteiger partial charge in [0.2, 0.25) is 0 Å². The van der Waals surface area contributed by atoms with Crippen molar-refractivity contribution in [2.45, 2.75) is 13.0 Å². The van der Waals surface area contributed by atoms with Gasteiger partial charge in [0.05, 0.1) is 13.3 Å². The number of ether oxygens (including phenoxy) is 1. The molecule has 0 saturated carbocycles. The number of phenolic OH excluding ortho intramolecular Hbond substituents is 1. The normalized spacial score (nSPS) is 12.1. The predicted molar refractivity (Wildman–Crippen MR) is 107 cm³/mol. The third-order valence-corrected chi connectivity index (χ3v) is 4.17. The molecule has 0 radical (unpaired) electrons. The van der Waals surface area contributed by atoms with E-state index in [2.05, 4.69) is 15.8 Å². The van der Waals surface area contributed by atoms with Crippen molar-refractivity contribution in [3.63, 3.8) is 0 Å². The number of anilines is 1. The summed E-state index contributed by atoms with van der Waals surface area (Å²) in [6, 6.07) is 18.2. The molecular formula is C21H21N3O3. The van der Waals surface area contributed by atoms with Gasteiger partial charge in [-0.2, -0.15) is 5.10 Å². The summed E-state index contributed by atoms with van der Waals surface area (Å²) in [6.45, 7) is 1.76. The average molecular weight is 363 g/mol. The van der Waals surface area contributed by atoms with Crippen LogP contribution in [0.2, 0.25) is 0 Å². The van der Waals surface area contributed by atoms with Gasteiger partial charge in [0.15, 0.2) is 0 Å².